The lowest BCUT2D eigenvalue weighted by Gasteiger charge is -2.39. The van der Waals surface area contributed by atoms with Gasteiger partial charge in [-0.25, -0.2) is 0 Å². The average molecular weight is 268 g/mol. The second kappa shape index (κ2) is 4.06. The summed E-state index contributed by atoms with van der Waals surface area (Å²) in [5.41, 5.74) is 6.23. The molecule has 80 valence electrons. The lowest BCUT2D eigenvalue weighted by molar-refractivity contribution is 0.0636. The Morgan fingerprint density at radius 1 is 1.33 bits per heavy atom. The van der Waals surface area contributed by atoms with Crippen LogP contribution in [0.5, 0.6) is 0 Å². The van der Waals surface area contributed by atoms with E-state index in [4.69, 9.17) is 5.73 Å². The number of nitrogens with two attached hydrogens (primary N) is 1. The van der Waals surface area contributed by atoms with Crippen LogP contribution in [0.25, 0.3) is 0 Å². The molecular formula is C12H14BrNO. The van der Waals surface area contributed by atoms with Gasteiger partial charge in [-0.15, -0.1) is 0 Å². The third-order valence-corrected chi connectivity index (χ3v) is 3.82. The van der Waals surface area contributed by atoms with Crippen LogP contribution >= 0.6 is 15.9 Å². The maximum atomic E-state index is 12.2. The van der Waals surface area contributed by atoms with E-state index in [0.717, 1.165) is 29.3 Å². The third kappa shape index (κ3) is 1.86. The molecule has 0 radical (unpaired) electrons. The minimum absolute atomic E-state index is 0.212. The molecule has 0 unspecified atom stereocenters. The standard InChI is InChI=1S/C12H14BrNO/c13-10-4-2-9(3-5-10)11(15)12(8-14)6-1-7-12/h2-5H,1,6-8,14H2. The van der Waals surface area contributed by atoms with E-state index >= 15 is 0 Å². The van der Waals surface area contributed by atoms with Crippen LogP contribution in [0.15, 0.2) is 28.7 Å². The van der Waals surface area contributed by atoms with Crippen molar-refractivity contribution in [2.45, 2.75) is 19.3 Å². The van der Waals surface area contributed by atoms with Crippen molar-refractivity contribution in [1.82, 2.24) is 0 Å². The smallest absolute Gasteiger partial charge is 0.170 e. The summed E-state index contributed by atoms with van der Waals surface area (Å²) in [6, 6.07) is 7.52. The van der Waals surface area contributed by atoms with Crippen molar-refractivity contribution in [2.24, 2.45) is 11.1 Å². The Hall–Kier alpha value is -0.670. The van der Waals surface area contributed by atoms with E-state index in [1.54, 1.807) is 0 Å². The second-order valence-corrected chi connectivity index (χ2v) is 5.09. The Kier molecular flexibility index (Phi) is 2.94. The fourth-order valence-corrected chi connectivity index (χ4v) is 2.30. The van der Waals surface area contributed by atoms with Crippen molar-refractivity contribution in [1.29, 1.82) is 0 Å². The van der Waals surface area contributed by atoms with Crippen LogP contribution in [0, 0.1) is 5.41 Å². The highest BCUT2D eigenvalue weighted by Gasteiger charge is 2.42. The van der Waals surface area contributed by atoms with E-state index in [1.807, 2.05) is 24.3 Å². The topological polar surface area (TPSA) is 43.1 Å². The van der Waals surface area contributed by atoms with Crippen molar-refractivity contribution >= 4 is 21.7 Å². The third-order valence-electron chi connectivity index (χ3n) is 3.29. The molecule has 2 N–H and O–H groups in total. The van der Waals surface area contributed by atoms with Gasteiger partial charge < -0.3 is 5.73 Å². The molecule has 3 heteroatoms. The average Bonchev–Trinajstić information content (AvgIpc) is 2.18. The van der Waals surface area contributed by atoms with Gasteiger partial charge in [0.1, 0.15) is 0 Å². The molecule has 2 nitrogen and oxygen atoms in total. The number of rotatable bonds is 3. The van der Waals surface area contributed by atoms with E-state index in [-0.39, 0.29) is 11.2 Å². The van der Waals surface area contributed by atoms with Crippen LogP contribution in [0.4, 0.5) is 0 Å². The molecule has 1 aliphatic rings. The summed E-state index contributed by atoms with van der Waals surface area (Å²) < 4.78 is 0.995. The molecular weight excluding hydrogens is 254 g/mol. The molecule has 0 amide bonds. The molecule has 1 aromatic rings. The largest absolute Gasteiger partial charge is 0.329 e. The Bertz CT molecular complexity index is 362. The minimum Gasteiger partial charge on any atom is -0.329 e. The molecule has 15 heavy (non-hydrogen) atoms. The maximum absolute atomic E-state index is 12.2. The van der Waals surface area contributed by atoms with Crippen LogP contribution in [-0.2, 0) is 0 Å². The Morgan fingerprint density at radius 3 is 2.33 bits per heavy atom. The van der Waals surface area contributed by atoms with Gasteiger partial charge in [0.2, 0.25) is 0 Å². The molecule has 0 spiro atoms. The van der Waals surface area contributed by atoms with Crippen molar-refractivity contribution in [3.63, 3.8) is 0 Å². The van der Waals surface area contributed by atoms with Crippen molar-refractivity contribution in [3.05, 3.63) is 34.3 Å². The fourth-order valence-electron chi connectivity index (χ4n) is 2.03. The van der Waals surface area contributed by atoms with E-state index < -0.39 is 0 Å². The van der Waals surface area contributed by atoms with Gasteiger partial charge in [-0.2, -0.15) is 0 Å². The number of carbonyl (C=O) groups is 1. The Balaban J connectivity index is 2.24. The molecule has 0 aliphatic heterocycles. The molecule has 0 aromatic heterocycles. The summed E-state index contributed by atoms with van der Waals surface area (Å²) in [5.74, 6) is 0.212. The zero-order valence-corrected chi connectivity index (χ0v) is 10.1. The predicted molar refractivity (Wildman–Crippen MR) is 63.8 cm³/mol. The number of ketones is 1. The van der Waals surface area contributed by atoms with E-state index in [0.29, 0.717) is 6.54 Å². The number of halogens is 1. The van der Waals surface area contributed by atoms with E-state index in [1.165, 1.54) is 0 Å². The molecule has 0 saturated heterocycles. The summed E-state index contributed by atoms with van der Waals surface area (Å²) in [7, 11) is 0. The number of carbonyl (C=O) groups excluding carboxylic acids is 1. The maximum Gasteiger partial charge on any atom is 0.170 e. The molecule has 1 aliphatic carbocycles. The van der Waals surface area contributed by atoms with Crippen LogP contribution in [0.2, 0.25) is 0 Å². The fraction of sp³-hybridized carbons (Fsp3) is 0.417. The lowest BCUT2D eigenvalue weighted by atomic mass is 9.64. The molecule has 0 heterocycles. The second-order valence-electron chi connectivity index (χ2n) is 4.17. The monoisotopic (exact) mass is 267 g/mol. The first-order valence-electron chi connectivity index (χ1n) is 5.18. The highest BCUT2D eigenvalue weighted by molar-refractivity contribution is 9.10. The quantitative estimate of drug-likeness (QED) is 0.856. The molecule has 0 atom stereocenters. The van der Waals surface area contributed by atoms with Gasteiger partial charge in [-0.1, -0.05) is 34.5 Å². The Morgan fingerprint density at radius 2 is 1.93 bits per heavy atom. The summed E-state index contributed by atoms with van der Waals surface area (Å²) in [6.45, 7) is 0.474. The summed E-state index contributed by atoms with van der Waals surface area (Å²) in [6.07, 6.45) is 3.01. The van der Waals surface area contributed by atoms with Gasteiger partial charge in [0.25, 0.3) is 0 Å². The van der Waals surface area contributed by atoms with E-state index in [2.05, 4.69) is 15.9 Å². The van der Waals surface area contributed by atoms with Gasteiger partial charge >= 0.3 is 0 Å². The highest BCUT2D eigenvalue weighted by atomic mass is 79.9. The van der Waals surface area contributed by atoms with Crippen LogP contribution < -0.4 is 5.73 Å². The zero-order chi connectivity index (χ0) is 10.9. The normalized spacial score (nSPS) is 18.3. The predicted octanol–water partition coefficient (Wildman–Crippen LogP) is 2.76. The first kappa shape index (κ1) is 10.8. The summed E-state index contributed by atoms with van der Waals surface area (Å²) in [5, 5.41) is 0. The van der Waals surface area contributed by atoms with Gasteiger partial charge in [-0.3, -0.25) is 4.79 Å². The molecule has 1 aromatic carbocycles. The van der Waals surface area contributed by atoms with Crippen molar-refractivity contribution in [2.75, 3.05) is 6.54 Å². The highest BCUT2D eigenvalue weighted by Crippen LogP contribution is 2.42. The van der Waals surface area contributed by atoms with Crippen molar-refractivity contribution in [3.8, 4) is 0 Å². The van der Waals surface area contributed by atoms with Gasteiger partial charge in [0.15, 0.2) is 5.78 Å². The SMILES string of the molecule is NCC1(C(=O)c2ccc(Br)cc2)CCC1. The first-order valence-corrected chi connectivity index (χ1v) is 5.98. The minimum atomic E-state index is -0.256. The summed E-state index contributed by atoms with van der Waals surface area (Å²) in [4.78, 5) is 12.2. The molecule has 0 bridgehead atoms. The lowest BCUT2D eigenvalue weighted by Crippen LogP contribution is -2.44. The first-order chi connectivity index (χ1) is 7.18. The molecule has 1 fully saturated rings. The van der Waals surface area contributed by atoms with E-state index in [9.17, 15) is 4.79 Å². The zero-order valence-electron chi connectivity index (χ0n) is 8.50. The van der Waals surface area contributed by atoms with Crippen LogP contribution in [0.1, 0.15) is 29.6 Å². The van der Waals surface area contributed by atoms with Gasteiger partial charge in [-0.05, 0) is 25.0 Å². The van der Waals surface area contributed by atoms with Gasteiger partial charge in [0.05, 0.1) is 0 Å². The number of Topliss-reactive ketones (excluding diaryl/α,β-unsaturated/α-hetero) is 1. The Labute approximate surface area is 98.0 Å². The van der Waals surface area contributed by atoms with Crippen LogP contribution in [-0.4, -0.2) is 12.3 Å². The molecule has 1 saturated carbocycles. The number of benzene rings is 1. The van der Waals surface area contributed by atoms with Crippen LogP contribution in [0.3, 0.4) is 0 Å². The van der Waals surface area contributed by atoms with Gasteiger partial charge in [0, 0.05) is 22.0 Å². The number of hydrogen-bond donors (Lipinski definition) is 1. The van der Waals surface area contributed by atoms with Crippen molar-refractivity contribution < 1.29 is 4.79 Å². The number of hydrogen-bond acceptors (Lipinski definition) is 2. The molecule has 2 rings (SSSR count). The summed E-state index contributed by atoms with van der Waals surface area (Å²) >= 11 is 3.36.